The van der Waals surface area contributed by atoms with E-state index in [0.717, 1.165) is 66.6 Å². The highest BCUT2D eigenvalue weighted by molar-refractivity contribution is 5.76. The molecule has 0 aliphatic heterocycles. The summed E-state index contributed by atoms with van der Waals surface area (Å²) in [5, 5.41) is 13.7. The minimum Gasteiger partial charge on any atom is -0.499 e. The van der Waals surface area contributed by atoms with Gasteiger partial charge in [-0.15, -0.1) is 0 Å². The fourth-order valence-corrected chi connectivity index (χ4v) is 7.12. The molecule has 0 bridgehead atoms. The predicted molar refractivity (Wildman–Crippen MR) is 315 cm³/mol. The summed E-state index contributed by atoms with van der Waals surface area (Å²) in [5.41, 5.74) is 17.9. The molecule has 5 nitrogen and oxygen atoms in total. The lowest BCUT2D eigenvalue weighted by molar-refractivity contribution is 0.180. The number of allylic oxidation sites excluding steroid dienone is 6. The van der Waals surface area contributed by atoms with Crippen LogP contribution in [0.4, 0.5) is 11.4 Å². The molecule has 0 saturated heterocycles. The molecule has 0 unspecified atom stereocenters. The minimum atomic E-state index is 0.280. The maximum absolute atomic E-state index is 4.81. The molecule has 4 N–H and O–H groups in total. The first-order chi connectivity index (χ1) is 32.6. The van der Waals surface area contributed by atoms with Crippen molar-refractivity contribution in [3.63, 3.8) is 0 Å². The van der Waals surface area contributed by atoms with E-state index in [4.69, 9.17) is 4.74 Å². The summed E-state index contributed by atoms with van der Waals surface area (Å²) in [6.07, 6.45) is 14.7. The number of unbranched alkanes of at least 4 members (excludes halogenated alkanes) is 1. The number of ether oxygens (including phenoxy) is 1. The van der Waals surface area contributed by atoms with Crippen molar-refractivity contribution in [3.8, 4) is 22.3 Å². The van der Waals surface area contributed by atoms with Crippen molar-refractivity contribution in [2.24, 2.45) is 17.8 Å². The molecule has 1 saturated carbocycles. The van der Waals surface area contributed by atoms with E-state index < -0.39 is 0 Å². The monoisotopic (exact) mass is 945 g/mol. The Morgan fingerprint density at radius 2 is 1.17 bits per heavy atom. The molecule has 0 amide bonds. The van der Waals surface area contributed by atoms with Crippen molar-refractivity contribution in [2.45, 2.75) is 182 Å². The Morgan fingerprint density at radius 3 is 1.54 bits per heavy atom. The zero-order valence-electron chi connectivity index (χ0n) is 47.8. The van der Waals surface area contributed by atoms with Crippen molar-refractivity contribution in [1.82, 2.24) is 10.6 Å². The van der Waals surface area contributed by atoms with E-state index in [0.29, 0.717) is 11.8 Å². The highest BCUT2D eigenvalue weighted by atomic mass is 16.5. The number of likely N-dealkylation sites (N-methyl/N-ethyl adjacent to an activating group) is 1. The Hall–Kier alpha value is -5.16. The van der Waals surface area contributed by atoms with Crippen molar-refractivity contribution in [3.05, 3.63) is 157 Å². The van der Waals surface area contributed by atoms with Crippen LogP contribution in [0.15, 0.2) is 145 Å². The van der Waals surface area contributed by atoms with Gasteiger partial charge in [-0.2, -0.15) is 0 Å². The average molecular weight is 946 g/mol. The maximum atomic E-state index is 4.81. The predicted octanol–water partition coefficient (Wildman–Crippen LogP) is 19.7. The molecule has 1 fully saturated rings. The van der Waals surface area contributed by atoms with E-state index in [2.05, 4.69) is 204 Å². The van der Waals surface area contributed by atoms with Crippen molar-refractivity contribution >= 4 is 11.4 Å². The van der Waals surface area contributed by atoms with Crippen LogP contribution in [0.25, 0.3) is 22.3 Å². The van der Waals surface area contributed by atoms with Crippen LogP contribution in [-0.2, 0) is 4.74 Å². The summed E-state index contributed by atoms with van der Waals surface area (Å²) in [7, 11) is 1.95. The second-order valence-electron chi connectivity index (χ2n) is 19.3. The molecule has 1 atom stereocenters. The summed E-state index contributed by atoms with van der Waals surface area (Å²) in [6.45, 7) is 56.7. The normalized spacial score (nSPS) is 12.0. The van der Waals surface area contributed by atoms with Crippen LogP contribution < -0.4 is 21.3 Å². The molecule has 0 heterocycles. The molecular formula is C64H104N4O. The number of aryl methyl sites for hydroxylation is 2. The second kappa shape index (κ2) is 38.7. The van der Waals surface area contributed by atoms with Gasteiger partial charge in [0, 0.05) is 47.8 Å². The van der Waals surface area contributed by atoms with E-state index in [-0.39, 0.29) is 6.10 Å². The SMILES string of the molecule is C=C(CCCC[C@H](C)C(=C)Nc1cc(-c2ccc(-c3ccc(C)c(NC(=C)C4CCCC4)c3)cc2)ccc1C)CNC(=C)C.C=COC(C)C.CC.CC(C)C.CC=C(C)C(NC)=C(C)C.CCC. The van der Waals surface area contributed by atoms with Gasteiger partial charge in [0.15, 0.2) is 0 Å². The quantitative estimate of drug-likeness (QED) is 0.0394. The van der Waals surface area contributed by atoms with Gasteiger partial charge < -0.3 is 26.0 Å². The Bertz CT molecular complexity index is 1970. The van der Waals surface area contributed by atoms with Crippen molar-refractivity contribution in [1.29, 1.82) is 0 Å². The van der Waals surface area contributed by atoms with Gasteiger partial charge in [0.2, 0.25) is 0 Å². The summed E-state index contributed by atoms with van der Waals surface area (Å²) in [4.78, 5) is 0. The van der Waals surface area contributed by atoms with Crippen LogP contribution in [0.5, 0.6) is 0 Å². The summed E-state index contributed by atoms with van der Waals surface area (Å²) in [5.74, 6) is 1.82. The van der Waals surface area contributed by atoms with E-state index in [1.807, 2.05) is 41.7 Å². The van der Waals surface area contributed by atoms with Crippen molar-refractivity contribution < 1.29 is 4.74 Å². The van der Waals surface area contributed by atoms with Gasteiger partial charge in [0.1, 0.15) is 0 Å². The third-order valence-corrected chi connectivity index (χ3v) is 11.1. The van der Waals surface area contributed by atoms with Crippen molar-refractivity contribution in [2.75, 3.05) is 24.2 Å². The van der Waals surface area contributed by atoms with Gasteiger partial charge in [-0.3, -0.25) is 0 Å². The Labute approximate surface area is 427 Å². The van der Waals surface area contributed by atoms with Gasteiger partial charge in [-0.25, -0.2) is 0 Å². The zero-order valence-corrected chi connectivity index (χ0v) is 47.8. The Kier molecular flexibility index (Phi) is 36.9. The molecule has 0 aromatic heterocycles. The van der Waals surface area contributed by atoms with Gasteiger partial charge in [0.25, 0.3) is 0 Å². The first-order valence-corrected chi connectivity index (χ1v) is 26.2. The van der Waals surface area contributed by atoms with E-state index in [1.165, 1.54) is 94.2 Å². The van der Waals surface area contributed by atoms with Gasteiger partial charge >= 0.3 is 0 Å². The molecule has 3 aromatic rings. The Balaban J connectivity index is 0. The maximum Gasteiger partial charge on any atom is 0.0922 e. The fourth-order valence-electron chi connectivity index (χ4n) is 7.12. The van der Waals surface area contributed by atoms with Gasteiger partial charge in [0.05, 0.1) is 12.4 Å². The minimum absolute atomic E-state index is 0.280. The number of hydrogen-bond acceptors (Lipinski definition) is 5. The highest BCUT2D eigenvalue weighted by Gasteiger charge is 2.19. The first-order valence-electron chi connectivity index (χ1n) is 26.2. The van der Waals surface area contributed by atoms with Crippen LogP contribution in [0.2, 0.25) is 0 Å². The van der Waals surface area contributed by atoms with Crippen LogP contribution in [0.3, 0.4) is 0 Å². The average Bonchev–Trinajstić information content (AvgIpc) is 3.86. The fraction of sp³-hybridized carbons (Fsp3) is 0.500. The lowest BCUT2D eigenvalue weighted by Crippen LogP contribution is -2.13. The summed E-state index contributed by atoms with van der Waals surface area (Å²) >= 11 is 0. The number of hydrogen-bond donors (Lipinski definition) is 4. The van der Waals surface area contributed by atoms with E-state index in [1.54, 1.807) is 0 Å². The molecule has 3 aromatic carbocycles. The zero-order chi connectivity index (χ0) is 53.1. The second-order valence-corrected chi connectivity index (χ2v) is 19.3. The summed E-state index contributed by atoms with van der Waals surface area (Å²) < 4.78 is 4.81. The number of nitrogens with one attached hydrogen (secondary N) is 4. The first kappa shape index (κ1) is 65.9. The standard InChI is InChI=1S/C41H53N3.C9H17N.C5H10O.C4H10.C3H8.C2H6/c1-28(2)42-27-29(3)13-9-10-14-30(4)33(7)43-40-25-38(19-17-31(40)5)36-21-23-37(24-22-36)39-20-18-32(6)41(26-39)44-34(8)35-15-11-12-16-35;1-6-8(4)9(10-5)7(2)3;1-4-6-5(2)3;1-4(2)3;1-3-2;1-2/h17-26,30,35,42-44H,1,3,7-16,27H2,2,4-6H3;6,10H,1-5H3;4-5H,1H2,2-3H3;4H,1-3H3;3H2,1-2H3;1-2H3/t30-;;;;;/m0...../s1. The molecule has 0 radical (unpaired) electrons. The topological polar surface area (TPSA) is 57.3 Å². The van der Waals surface area contributed by atoms with E-state index >= 15 is 0 Å². The summed E-state index contributed by atoms with van der Waals surface area (Å²) in [6, 6.07) is 22.3. The highest BCUT2D eigenvalue weighted by Crippen LogP contribution is 2.34. The molecule has 5 heteroatoms. The third kappa shape index (κ3) is 29.5. The molecule has 0 spiro atoms. The lowest BCUT2D eigenvalue weighted by Gasteiger charge is -2.19. The molecule has 1 aliphatic rings. The third-order valence-electron chi connectivity index (χ3n) is 11.1. The smallest absolute Gasteiger partial charge is 0.0922 e. The van der Waals surface area contributed by atoms with Gasteiger partial charge in [-0.1, -0.05) is 180 Å². The molecule has 4 rings (SSSR count). The lowest BCUT2D eigenvalue weighted by atomic mass is 9.97. The largest absolute Gasteiger partial charge is 0.499 e. The van der Waals surface area contributed by atoms with Crippen LogP contribution in [-0.4, -0.2) is 19.7 Å². The number of rotatable bonds is 20. The molecular weight excluding hydrogens is 841 g/mol. The van der Waals surface area contributed by atoms with Crippen LogP contribution in [0.1, 0.15) is 173 Å². The molecule has 1 aliphatic carbocycles. The number of anilines is 2. The van der Waals surface area contributed by atoms with Crippen LogP contribution >= 0.6 is 0 Å². The molecule has 69 heavy (non-hydrogen) atoms. The Morgan fingerprint density at radius 1 is 0.725 bits per heavy atom. The number of benzene rings is 3. The van der Waals surface area contributed by atoms with Crippen LogP contribution in [0, 0.1) is 31.6 Å². The van der Waals surface area contributed by atoms with Gasteiger partial charge in [-0.05, 0) is 163 Å². The molecule has 386 valence electrons. The van der Waals surface area contributed by atoms with E-state index in [9.17, 15) is 0 Å².